The minimum absolute atomic E-state index is 0.120. The van der Waals surface area contributed by atoms with Crippen LogP contribution in [0.25, 0.3) is 0 Å². The second kappa shape index (κ2) is 9.34. The van der Waals surface area contributed by atoms with Gasteiger partial charge in [-0.15, -0.1) is 0 Å². The molecule has 0 radical (unpaired) electrons. The van der Waals surface area contributed by atoms with Gasteiger partial charge in [-0.25, -0.2) is 0 Å². The SMILES string of the molecule is CCCOc1cccc(C(=O)NCCNCC(C)O)c1. The van der Waals surface area contributed by atoms with Crippen LogP contribution in [0.3, 0.4) is 0 Å². The normalized spacial score (nSPS) is 11.9. The molecule has 0 aromatic heterocycles. The van der Waals surface area contributed by atoms with E-state index in [0.29, 0.717) is 37.6 Å². The number of hydrogen-bond donors (Lipinski definition) is 3. The molecule has 0 aliphatic heterocycles. The van der Waals surface area contributed by atoms with Crippen LogP contribution in [-0.2, 0) is 0 Å². The summed E-state index contributed by atoms with van der Waals surface area (Å²) in [7, 11) is 0. The molecule has 0 aliphatic carbocycles. The molecule has 0 bridgehead atoms. The van der Waals surface area contributed by atoms with Crippen molar-refractivity contribution in [2.24, 2.45) is 0 Å². The molecule has 20 heavy (non-hydrogen) atoms. The highest BCUT2D eigenvalue weighted by Crippen LogP contribution is 2.13. The highest BCUT2D eigenvalue weighted by Gasteiger charge is 2.06. The smallest absolute Gasteiger partial charge is 0.251 e. The Labute approximate surface area is 120 Å². The zero-order valence-corrected chi connectivity index (χ0v) is 12.2. The van der Waals surface area contributed by atoms with Crippen LogP contribution in [0.1, 0.15) is 30.6 Å². The summed E-state index contributed by atoms with van der Waals surface area (Å²) in [6, 6.07) is 7.16. The Kier molecular flexibility index (Phi) is 7.69. The molecule has 1 aromatic carbocycles. The Morgan fingerprint density at radius 1 is 1.40 bits per heavy atom. The molecule has 112 valence electrons. The zero-order valence-electron chi connectivity index (χ0n) is 12.2. The van der Waals surface area contributed by atoms with E-state index in [1.807, 2.05) is 19.1 Å². The first-order valence-electron chi connectivity index (χ1n) is 7.03. The average molecular weight is 280 g/mol. The summed E-state index contributed by atoms with van der Waals surface area (Å²) in [6.07, 6.45) is 0.559. The predicted octanol–water partition coefficient (Wildman–Crippen LogP) is 1.18. The first kappa shape index (κ1) is 16.5. The van der Waals surface area contributed by atoms with E-state index in [-0.39, 0.29) is 12.0 Å². The Morgan fingerprint density at radius 2 is 2.20 bits per heavy atom. The third-order valence-corrected chi connectivity index (χ3v) is 2.60. The molecule has 5 heteroatoms. The number of aliphatic hydroxyl groups is 1. The van der Waals surface area contributed by atoms with Crippen LogP contribution in [0.5, 0.6) is 5.75 Å². The van der Waals surface area contributed by atoms with Crippen molar-refractivity contribution in [2.75, 3.05) is 26.2 Å². The van der Waals surface area contributed by atoms with Crippen molar-refractivity contribution in [1.29, 1.82) is 0 Å². The Balaban J connectivity index is 2.35. The maximum atomic E-state index is 11.9. The van der Waals surface area contributed by atoms with E-state index in [1.54, 1.807) is 19.1 Å². The summed E-state index contributed by atoms with van der Waals surface area (Å²) in [6.45, 7) is 6.07. The standard InChI is InChI=1S/C15H24N2O3/c1-3-9-20-14-6-4-5-13(10-14)15(19)17-8-7-16-11-12(2)18/h4-6,10,12,16,18H,3,7-9,11H2,1-2H3,(H,17,19). The van der Waals surface area contributed by atoms with Crippen molar-refractivity contribution in [3.05, 3.63) is 29.8 Å². The van der Waals surface area contributed by atoms with Gasteiger partial charge in [0.05, 0.1) is 12.7 Å². The molecule has 0 saturated heterocycles. The fourth-order valence-corrected chi connectivity index (χ4v) is 1.62. The molecule has 1 rings (SSSR count). The van der Waals surface area contributed by atoms with Gasteiger partial charge in [-0.05, 0) is 31.5 Å². The number of amides is 1. The molecule has 1 atom stereocenters. The van der Waals surface area contributed by atoms with Crippen LogP contribution >= 0.6 is 0 Å². The Bertz CT molecular complexity index is 408. The molecule has 5 nitrogen and oxygen atoms in total. The van der Waals surface area contributed by atoms with E-state index in [4.69, 9.17) is 9.84 Å². The molecule has 1 unspecified atom stereocenters. The molecule has 1 amide bonds. The van der Waals surface area contributed by atoms with Gasteiger partial charge in [0, 0.05) is 25.2 Å². The number of benzene rings is 1. The van der Waals surface area contributed by atoms with Crippen LogP contribution in [-0.4, -0.2) is 43.4 Å². The first-order chi connectivity index (χ1) is 9.63. The van der Waals surface area contributed by atoms with Gasteiger partial charge in [0.1, 0.15) is 5.75 Å². The lowest BCUT2D eigenvalue weighted by Gasteiger charge is -2.09. The number of carbonyl (C=O) groups excluding carboxylic acids is 1. The van der Waals surface area contributed by atoms with Gasteiger partial charge in [-0.1, -0.05) is 13.0 Å². The molecule has 0 aliphatic rings. The topological polar surface area (TPSA) is 70.6 Å². The molecule has 0 heterocycles. The van der Waals surface area contributed by atoms with Crippen LogP contribution in [0.15, 0.2) is 24.3 Å². The minimum atomic E-state index is -0.377. The van der Waals surface area contributed by atoms with E-state index >= 15 is 0 Å². The van der Waals surface area contributed by atoms with Crippen LogP contribution in [0.2, 0.25) is 0 Å². The molecular weight excluding hydrogens is 256 g/mol. The second-order valence-corrected chi connectivity index (χ2v) is 4.69. The fraction of sp³-hybridized carbons (Fsp3) is 0.533. The van der Waals surface area contributed by atoms with Gasteiger partial charge < -0.3 is 20.5 Å². The van der Waals surface area contributed by atoms with E-state index in [0.717, 1.165) is 6.42 Å². The number of hydrogen-bond acceptors (Lipinski definition) is 4. The Hall–Kier alpha value is -1.59. The summed E-state index contributed by atoms with van der Waals surface area (Å²) in [5.74, 6) is 0.595. The fourth-order valence-electron chi connectivity index (χ4n) is 1.62. The molecule has 0 saturated carbocycles. The number of carbonyl (C=O) groups is 1. The predicted molar refractivity (Wildman–Crippen MR) is 79.1 cm³/mol. The van der Waals surface area contributed by atoms with Gasteiger partial charge in [-0.2, -0.15) is 0 Å². The van der Waals surface area contributed by atoms with E-state index in [2.05, 4.69) is 10.6 Å². The van der Waals surface area contributed by atoms with Gasteiger partial charge in [-0.3, -0.25) is 4.79 Å². The van der Waals surface area contributed by atoms with E-state index in [9.17, 15) is 4.79 Å². The molecule has 0 fully saturated rings. The highest BCUT2D eigenvalue weighted by atomic mass is 16.5. The summed E-state index contributed by atoms with van der Waals surface area (Å²) in [4.78, 5) is 11.9. The highest BCUT2D eigenvalue weighted by molar-refractivity contribution is 5.94. The van der Waals surface area contributed by atoms with Crippen molar-refractivity contribution in [3.63, 3.8) is 0 Å². The van der Waals surface area contributed by atoms with Crippen LogP contribution < -0.4 is 15.4 Å². The van der Waals surface area contributed by atoms with Crippen molar-refractivity contribution in [1.82, 2.24) is 10.6 Å². The maximum absolute atomic E-state index is 11.9. The van der Waals surface area contributed by atoms with Crippen molar-refractivity contribution >= 4 is 5.91 Å². The van der Waals surface area contributed by atoms with Gasteiger partial charge >= 0.3 is 0 Å². The number of rotatable bonds is 9. The van der Waals surface area contributed by atoms with Crippen molar-refractivity contribution < 1.29 is 14.6 Å². The lowest BCUT2D eigenvalue weighted by atomic mass is 10.2. The maximum Gasteiger partial charge on any atom is 0.251 e. The number of nitrogens with one attached hydrogen (secondary N) is 2. The lowest BCUT2D eigenvalue weighted by Crippen LogP contribution is -2.34. The molecular formula is C15H24N2O3. The quantitative estimate of drug-likeness (QED) is 0.594. The third kappa shape index (κ3) is 6.54. The largest absolute Gasteiger partial charge is 0.494 e. The molecule has 0 spiro atoms. The Morgan fingerprint density at radius 3 is 2.90 bits per heavy atom. The monoisotopic (exact) mass is 280 g/mol. The van der Waals surface area contributed by atoms with Crippen molar-refractivity contribution in [3.8, 4) is 5.75 Å². The third-order valence-electron chi connectivity index (χ3n) is 2.60. The first-order valence-corrected chi connectivity index (χ1v) is 7.03. The molecule has 3 N–H and O–H groups in total. The number of ether oxygens (including phenoxy) is 1. The summed E-state index contributed by atoms with van der Waals surface area (Å²) in [5, 5.41) is 14.9. The minimum Gasteiger partial charge on any atom is -0.494 e. The number of aliphatic hydroxyl groups excluding tert-OH is 1. The average Bonchev–Trinajstić information content (AvgIpc) is 2.44. The van der Waals surface area contributed by atoms with Crippen LogP contribution in [0, 0.1) is 0 Å². The van der Waals surface area contributed by atoms with Gasteiger partial charge in [0.25, 0.3) is 5.91 Å². The van der Waals surface area contributed by atoms with Gasteiger partial charge in [0.2, 0.25) is 0 Å². The van der Waals surface area contributed by atoms with Crippen LogP contribution in [0.4, 0.5) is 0 Å². The lowest BCUT2D eigenvalue weighted by molar-refractivity contribution is 0.0953. The zero-order chi connectivity index (χ0) is 14.8. The van der Waals surface area contributed by atoms with E-state index in [1.165, 1.54) is 0 Å². The van der Waals surface area contributed by atoms with Gasteiger partial charge in [0.15, 0.2) is 0 Å². The summed E-state index contributed by atoms with van der Waals surface area (Å²) < 4.78 is 5.50. The molecule has 1 aromatic rings. The second-order valence-electron chi connectivity index (χ2n) is 4.69. The summed E-state index contributed by atoms with van der Waals surface area (Å²) >= 11 is 0. The van der Waals surface area contributed by atoms with E-state index < -0.39 is 0 Å². The van der Waals surface area contributed by atoms with Crippen molar-refractivity contribution in [2.45, 2.75) is 26.4 Å². The summed E-state index contributed by atoms with van der Waals surface area (Å²) in [5.41, 5.74) is 0.592.